The van der Waals surface area contributed by atoms with Crippen molar-refractivity contribution in [3.63, 3.8) is 0 Å². The molecule has 0 aliphatic rings. The lowest BCUT2D eigenvalue weighted by Crippen LogP contribution is -2.31. The molecule has 132 valence electrons. The average molecular weight is 351 g/mol. The molecule has 0 bridgehead atoms. The number of amides is 2. The Balaban J connectivity index is 1.86. The number of nitrogens with one attached hydrogen (secondary N) is 2. The summed E-state index contributed by atoms with van der Waals surface area (Å²) >= 11 is 0. The molecule has 6 heteroatoms. The summed E-state index contributed by atoms with van der Waals surface area (Å²) in [4.78, 5) is 27.1. The van der Waals surface area contributed by atoms with Crippen LogP contribution < -0.4 is 11.1 Å². The molecule has 4 N–H and O–H groups in total. The summed E-state index contributed by atoms with van der Waals surface area (Å²) in [6, 6.07) is 14.5. The van der Waals surface area contributed by atoms with Gasteiger partial charge in [0, 0.05) is 18.0 Å². The zero-order valence-electron chi connectivity index (χ0n) is 13.9. The van der Waals surface area contributed by atoms with Gasteiger partial charge in [-0.1, -0.05) is 42.5 Å². The normalized spacial score (nSPS) is 11.7. The van der Waals surface area contributed by atoms with E-state index < -0.39 is 11.9 Å². The van der Waals surface area contributed by atoms with Gasteiger partial charge in [0.05, 0.1) is 18.0 Å². The fourth-order valence-electron chi connectivity index (χ4n) is 2.79. The molecule has 3 aromatic rings. The van der Waals surface area contributed by atoms with Gasteiger partial charge in [-0.15, -0.1) is 0 Å². The Morgan fingerprint density at radius 1 is 1.04 bits per heavy atom. The molecule has 0 saturated heterocycles. The van der Waals surface area contributed by atoms with E-state index >= 15 is 0 Å². The molecule has 0 aliphatic heterocycles. The van der Waals surface area contributed by atoms with Crippen LogP contribution in [0.1, 0.15) is 28.4 Å². The van der Waals surface area contributed by atoms with Gasteiger partial charge in [0.1, 0.15) is 5.82 Å². The standard InChI is InChI=1S/C20H18FN3O2/c21-15-8-6-13(7-9-15)16-11-23-12-17(16)20(26)24-18(10-19(22)25)14-4-2-1-3-5-14/h1-9,11-12,18,23H,10H2,(H2,22,25)(H,24,26)/t18-/m0/s1. The average Bonchev–Trinajstić information content (AvgIpc) is 3.12. The van der Waals surface area contributed by atoms with E-state index in [9.17, 15) is 14.0 Å². The molecule has 0 saturated carbocycles. The molecule has 1 heterocycles. The number of hydrogen-bond acceptors (Lipinski definition) is 2. The van der Waals surface area contributed by atoms with Crippen molar-refractivity contribution in [3.8, 4) is 11.1 Å². The van der Waals surface area contributed by atoms with Crippen LogP contribution in [-0.2, 0) is 4.79 Å². The van der Waals surface area contributed by atoms with E-state index in [1.54, 1.807) is 24.5 Å². The number of halogens is 1. The van der Waals surface area contributed by atoms with Crippen LogP contribution >= 0.6 is 0 Å². The molecule has 2 amide bonds. The number of aromatic amines is 1. The molecule has 0 spiro atoms. The molecule has 0 unspecified atom stereocenters. The number of carbonyl (C=O) groups excluding carboxylic acids is 2. The second kappa shape index (κ2) is 7.65. The Morgan fingerprint density at radius 2 is 1.73 bits per heavy atom. The number of aromatic nitrogens is 1. The number of nitrogens with two attached hydrogens (primary N) is 1. The Bertz CT molecular complexity index is 904. The van der Waals surface area contributed by atoms with E-state index in [0.29, 0.717) is 16.7 Å². The molecule has 26 heavy (non-hydrogen) atoms. The van der Waals surface area contributed by atoms with Gasteiger partial charge in [0.2, 0.25) is 5.91 Å². The molecule has 0 fully saturated rings. The number of H-pyrrole nitrogens is 1. The third kappa shape index (κ3) is 3.97. The predicted octanol–water partition coefficient (Wildman–Crippen LogP) is 3.17. The van der Waals surface area contributed by atoms with Gasteiger partial charge in [0.15, 0.2) is 0 Å². The van der Waals surface area contributed by atoms with Crippen molar-refractivity contribution in [1.82, 2.24) is 10.3 Å². The summed E-state index contributed by atoms with van der Waals surface area (Å²) in [6.45, 7) is 0. The number of primary amides is 1. The first-order valence-electron chi connectivity index (χ1n) is 8.11. The van der Waals surface area contributed by atoms with Crippen molar-refractivity contribution < 1.29 is 14.0 Å². The number of carbonyl (C=O) groups is 2. The maximum Gasteiger partial charge on any atom is 0.253 e. The van der Waals surface area contributed by atoms with Gasteiger partial charge < -0.3 is 16.0 Å². The zero-order chi connectivity index (χ0) is 18.5. The Morgan fingerprint density at radius 3 is 2.38 bits per heavy atom. The fourth-order valence-corrected chi connectivity index (χ4v) is 2.79. The van der Waals surface area contributed by atoms with Crippen molar-refractivity contribution >= 4 is 11.8 Å². The SMILES string of the molecule is NC(=O)C[C@H](NC(=O)c1c[nH]cc1-c1ccc(F)cc1)c1ccccc1. The van der Waals surface area contributed by atoms with Gasteiger partial charge in [-0.2, -0.15) is 0 Å². The first-order chi connectivity index (χ1) is 12.5. The smallest absolute Gasteiger partial charge is 0.253 e. The van der Waals surface area contributed by atoms with Gasteiger partial charge in [-0.05, 0) is 23.3 Å². The Hall–Kier alpha value is -3.41. The first-order valence-corrected chi connectivity index (χ1v) is 8.11. The van der Waals surface area contributed by atoms with Gasteiger partial charge in [-0.25, -0.2) is 4.39 Å². The van der Waals surface area contributed by atoms with Crippen LogP contribution in [-0.4, -0.2) is 16.8 Å². The monoisotopic (exact) mass is 351 g/mol. The quantitative estimate of drug-likeness (QED) is 0.637. The lowest BCUT2D eigenvalue weighted by atomic mass is 10.0. The van der Waals surface area contributed by atoms with E-state index in [2.05, 4.69) is 10.3 Å². The van der Waals surface area contributed by atoms with Crippen LogP contribution in [0.2, 0.25) is 0 Å². The minimum Gasteiger partial charge on any atom is -0.370 e. The van der Waals surface area contributed by atoms with Gasteiger partial charge >= 0.3 is 0 Å². The molecule has 3 rings (SSSR count). The third-order valence-electron chi connectivity index (χ3n) is 4.06. The lowest BCUT2D eigenvalue weighted by molar-refractivity contribution is -0.118. The molecular weight excluding hydrogens is 333 g/mol. The number of rotatable bonds is 6. The van der Waals surface area contributed by atoms with Crippen molar-refractivity contribution in [2.45, 2.75) is 12.5 Å². The van der Waals surface area contributed by atoms with Crippen molar-refractivity contribution in [2.24, 2.45) is 5.73 Å². The summed E-state index contributed by atoms with van der Waals surface area (Å²) in [5.74, 6) is -1.20. The Labute approximate surface area is 150 Å². The summed E-state index contributed by atoms with van der Waals surface area (Å²) in [7, 11) is 0. The minimum atomic E-state index is -0.530. The molecular formula is C20H18FN3O2. The first kappa shape index (κ1) is 17.4. The summed E-state index contributed by atoms with van der Waals surface area (Å²) in [6.07, 6.45) is 3.24. The maximum atomic E-state index is 13.1. The second-order valence-electron chi connectivity index (χ2n) is 5.90. The van der Waals surface area contributed by atoms with Gasteiger partial charge in [-0.3, -0.25) is 9.59 Å². The van der Waals surface area contributed by atoms with Crippen LogP contribution in [0, 0.1) is 5.82 Å². The number of benzene rings is 2. The highest BCUT2D eigenvalue weighted by molar-refractivity contribution is 6.01. The number of hydrogen-bond donors (Lipinski definition) is 3. The summed E-state index contributed by atoms with van der Waals surface area (Å²) < 4.78 is 13.1. The van der Waals surface area contributed by atoms with Gasteiger partial charge in [0.25, 0.3) is 5.91 Å². The molecule has 2 aromatic carbocycles. The van der Waals surface area contributed by atoms with Crippen LogP contribution in [0.25, 0.3) is 11.1 Å². The van der Waals surface area contributed by atoms with E-state index in [4.69, 9.17) is 5.73 Å². The van der Waals surface area contributed by atoms with Crippen molar-refractivity contribution in [2.75, 3.05) is 0 Å². The molecule has 0 radical (unpaired) electrons. The lowest BCUT2D eigenvalue weighted by Gasteiger charge is -2.18. The highest BCUT2D eigenvalue weighted by Gasteiger charge is 2.20. The van der Waals surface area contributed by atoms with E-state index in [0.717, 1.165) is 5.56 Å². The molecule has 1 atom stereocenters. The van der Waals surface area contributed by atoms with Crippen molar-refractivity contribution in [3.05, 3.63) is 83.9 Å². The third-order valence-corrected chi connectivity index (χ3v) is 4.06. The van der Waals surface area contributed by atoms with Crippen LogP contribution in [0.5, 0.6) is 0 Å². The summed E-state index contributed by atoms with van der Waals surface area (Å²) in [5, 5.41) is 2.85. The van der Waals surface area contributed by atoms with Crippen LogP contribution in [0.4, 0.5) is 4.39 Å². The second-order valence-corrected chi connectivity index (χ2v) is 5.90. The Kier molecular flexibility index (Phi) is 5.12. The fraction of sp³-hybridized carbons (Fsp3) is 0.100. The molecule has 1 aromatic heterocycles. The van der Waals surface area contributed by atoms with E-state index in [-0.39, 0.29) is 18.1 Å². The van der Waals surface area contributed by atoms with E-state index in [1.807, 2.05) is 30.3 Å². The highest BCUT2D eigenvalue weighted by atomic mass is 19.1. The van der Waals surface area contributed by atoms with E-state index in [1.165, 1.54) is 12.1 Å². The van der Waals surface area contributed by atoms with Crippen LogP contribution in [0.3, 0.4) is 0 Å². The molecule has 0 aliphatic carbocycles. The summed E-state index contributed by atoms with van der Waals surface area (Å²) in [5.41, 5.74) is 7.88. The zero-order valence-corrected chi connectivity index (χ0v) is 13.9. The van der Waals surface area contributed by atoms with Crippen molar-refractivity contribution in [1.29, 1.82) is 0 Å². The topological polar surface area (TPSA) is 88.0 Å². The molecule has 5 nitrogen and oxygen atoms in total. The predicted molar refractivity (Wildman–Crippen MR) is 96.6 cm³/mol. The maximum absolute atomic E-state index is 13.1. The minimum absolute atomic E-state index is 0.00788. The highest BCUT2D eigenvalue weighted by Crippen LogP contribution is 2.25. The van der Waals surface area contributed by atoms with Crippen LogP contribution in [0.15, 0.2) is 67.0 Å². The largest absolute Gasteiger partial charge is 0.370 e.